The largest absolute Gasteiger partial charge is 0.326 e. The highest BCUT2D eigenvalue weighted by Crippen LogP contribution is 2.09. The van der Waals surface area contributed by atoms with E-state index in [0.717, 1.165) is 24.8 Å². The first-order chi connectivity index (χ1) is 8.49. The lowest BCUT2D eigenvalue weighted by Gasteiger charge is -2.13. The van der Waals surface area contributed by atoms with Crippen molar-refractivity contribution in [1.82, 2.24) is 9.71 Å². The van der Waals surface area contributed by atoms with Crippen LogP contribution in [-0.2, 0) is 16.6 Å². The Morgan fingerprint density at radius 1 is 1.44 bits per heavy atom. The summed E-state index contributed by atoms with van der Waals surface area (Å²) in [7, 11) is -3.52. The van der Waals surface area contributed by atoms with Crippen LogP contribution in [0.5, 0.6) is 0 Å². The van der Waals surface area contributed by atoms with E-state index in [0.29, 0.717) is 6.54 Å². The van der Waals surface area contributed by atoms with Crippen LogP contribution in [0.2, 0.25) is 0 Å². The van der Waals surface area contributed by atoms with Crippen molar-refractivity contribution in [3.05, 3.63) is 23.9 Å². The number of nitrogens with zero attached hydrogens (tertiary/aromatic N) is 1. The molecule has 0 radical (unpaired) electrons. The molecular weight excluding hydrogens is 250 g/mol. The monoisotopic (exact) mass is 271 g/mol. The van der Waals surface area contributed by atoms with Crippen LogP contribution in [0, 0.1) is 0 Å². The standard InChI is InChI=1S/C12H21N3O2S/c1-3-4-5-10(2)15-18(16,17)12-7-6-11(8-13)9-14-12/h6-7,9-10,15H,3-5,8,13H2,1-2H3. The summed E-state index contributed by atoms with van der Waals surface area (Å²) in [5.74, 6) is 0. The third-order valence-corrected chi connectivity index (χ3v) is 4.16. The molecule has 1 atom stereocenters. The maximum Gasteiger partial charge on any atom is 0.258 e. The average Bonchev–Trinajstić information content (AvgIpc) is 2.36. The van der Waals surface area contributed by atoms with Gasteiger partial charge < -0.3 is 5.73 Å². The molecule has 0 saturated heterocycles. The zero-order valence-corrected chi connectivity index (χ0v) is 11.7. The van der Waals surface area contributed by atoms with Crippen LogP contribution < -0.4 is 10.5 Å². The van der Waals surface area contributed by atoms with Gasteiger partial charge in [0.05, 0.1) is 0 Å². The fourth-order valence-corrected chi connectivity index (χ4v) is 2.79. The van der Waals surface area contributed by atoms with Crippen molar-refractivity contribution in [3.8, 4) is 0 Å². The average molecular weight is 271 g/mol. The zero-order chi connectivity index (χ0) is 13.6. The van der Waals surface area contributed by atoms with E-state index in [1.807, 2.05) is 6.92 Å². The normalized spacial score (nSPS) is 13.5. The highest BCUT2D eigenvalue weighted by atomic mass is 32.2. The van der Waals surface area contributed by atoms with E-state index in [1.54, 1.807) is 6.07 Å². The summed E-state index contributed by atoms with van der Waals surface area (Å²) < 4.78 is 26.6. The minimum Gasteiger partial charge on any atom is -0.326 e. The maximum absolute atomic E-state index is 12.0. The first kappa shape index (κ1) is 15.1. The molecule has 6 heteroatoms. The molecule has 0 bridgehead atoms. The van der Waals surface area contributed by atoms with Gasteiger partial charge in [-0.05, 0) is 25.0 Å². The van der Waals surface area contributed by atoms with Gasteiger partial charge in [-0.2, -0.15) is 0 Å². The van der Waals surface area contributed by atoms with E-state index < -0.39 is 10.0 Å². The summed E-state index contributed by atoms with van der Waals surface area (Å²) in [6.07, 6.45) is 4.38. The highest BCUT2D eigenvalue weighted by molar-refractivity contribution is 7.89. The van der Waals surface area contributed by atoms with Crippen LogP contribution in [0.15, 0.2) is 23.4 Å². The van der Waals surface area contributed by atoms with Gasteiger partial charge in [0.1, 0.15) is 0 Å². The van der Waals surface area contributed by atoms with Crippen LogP contribution in [0.4, 0.5) is 0 Å². The summed E-state index contributed by atoms with van der Waals surface area (Å²) in [6.45, 7) is 4.30. The molecule has 0 aliphatic heterocycles. The Balaban J connectivity index is 2.73. The van der Waals surface area contributed by atoms with Crippen molar-refractivity contribution in [3.63, 3.8) is 0 Å². The molecular formula is C12H21N3O2S. The van der Waals surface area contributed by atoms with Crippen molar-refractivity contribution in [1.29, 1.82) is 0 Å². The van der Waals surface area contributed by atoms with Crippen LogP contribution in [0.1, 0.15) is 38.7 Å². The second-order valence-electron chi connectivity index (χ2n) is 4.37. The molecule has 102 valence electrons. The molecule has 5 nitrogen and oxygen atoms in total. The molecule has 1 aromatic rings. The number of pyridine rings is 1. The van der Waals surface area contributed by atoms with E-state index in [2.05, 4.69) is 16.6 Å². The number of nitrogens with two attached hydrogens (primary N) is 1. The van der Waals surface area contributed by atoms with Crippen molar-refractivity contribution in [2.24, 2.45) is 5.73 Å². The minimum atomic E-state index is -3.52. The molecule has 1 aromatic heterocycles. The Bertz CT molecular complexity index is 457. The highest BCUT2D eigenvalue weighted by Gasteiger charge is 2.18. The molecule has 0 saturated carbocycles. The Kier molecular flexibility index (Phi) is 5.71. The van der Waals surface area contributed by atoms with E-state index in [1.165, 1.54) is 12.3 Å². The second kappa shape index (κ2) is 6.82. The van der Waals surface area contributed by atoms with Crippen molar-refractivity contribution >= 4 is 10.0 Å². The number of rotatable bonds is 7. The topological polar surface area (TPSA) is 85.1 Å². The van der Waals surface area contributed by atoms with Gasteiger partial charge in [-0.1, -0.05) is 25.8 Å². The Morgan fingerprint density at radius 2 is 2.17 bits per heavy atom. The van der Waals surface area contributed by atoms with Crippen LogP contribution >= 0.6 is 0 Å². The Morgan fingerprint density at radius 3 is 2.67 bits per heavy atom. The number of sulfonamides is 1. The third kappa shape index (κ3) is 4.36. The van der Waals surface area contributed by atoms with Crippen molar-refractivity contribution in [2.75, 3.05) is 0 Å². The lowest BCUT2D eigenvalue weighted by molar-refractivity contribution is 0.531. The summed E-state index contributed by atoms with van der Waals surface area (Å²) in [5.41, 5.74) is 6.25. The van der Waals surface area contributed by atoms with Crippen LogP contribution in [-0.4, -0.2) is 19.4 Å². The molecule has 0 aliphatic rings. The van der Waals surface area contributed by atoms with Gasteiger partial charge in [-0.25, -0.2) is 18.1 Å². The fourth-order valence-electron chi connectivity index (χ4n) is 1.59. The zero-order valence-electron chi connectivity index (χ0n) is 10.9. The van der Waals surface area contributed by atoms with Crippen LogP contribution in [0.25, 0.3) is 0 Å². The van der Waals surface area contributed by atoms with Crippen molar-refractivity contribution in [2.45, 2.75) is 50.7 Å². The smallest absolute Gasteiger partial charge is 0.258 e. The summed E-state index contributed by atoms with van der Waals surface area (Å²) in [6, 6.07) is 3.08. The molecule has 1 heterocycles. The van der Waals surface area contributed by atoms with Gasteiger partial charge in [0.25, 0.3) is 10.0 Å². The Hall–Kier alpha value is -0.980. The number of hydrogen-bond donors (Lipinski definition) is 2. The van der Waals surface area contributed by atoms with Gasteiger partial charge in [0.15, 0.2) is 5.03 Å². The SMILES string of the molecule is CCCCC(C)NS(=O)(=O)c1ccc(CN)cn1. The lowest BCUT2D eigenvalue weighted by Crippen LogP contribution is -2.33. The molecule has 1 unspecified atom stereocenters. The quantitative estimate of drug-likeness (QED) is 0.785. The van der Waals surface area contributed by atoms with Gasteiger partial charge in [0, 0.05) is 18.8 Å². The maximum atomic E-state index is 12.0. The summed E-state index contributed by atoms with van der Waals surface area (Å²) in [5, 5.41) is 0.0445. The van der Waals surface area contributed by atoms with Gasteiger partial charge in [-0.3, -0.25) is 0 Å². The predicted molar refractivity (Wildman–Crippen MR) is 71.4 cm³/mol. The van der Waals surface area contributed by atoms with Crippen LogP contribution in [0.3, 0.4) is 0 Å². The fraction of sp³-hybridized carbons (Fsp3) is 0.583. The lowest BCUT2D eigenvalue weighted by atomic mass is 10.2. The molecule has 1 rings (SSSR count). The third-order valence-electron chi connectivity index (χ3n) is 2.66. The van der Waals surface area contributed by atoms with Gasteiger partial charge in [-0.15, -0.1) is 0 Å². The van der Waals surface area contributed by atoms with Gasteiger partial charge in [0.2, 0.25) is 0 Å². The first-order valence-corrected chi connectivity index (χ1v) is 7.65. The van der Waals surface area contributed by atoms with E-state index >= 15 is 0 Å². The molecule has 0 fully saturated rings. The van der Waals surface area contributed by atoms with E-state index in [-0.39, 0.29) is 11.1 Å². The summed E-state index contributed by atoms with van der Waals surface area (Å²) >= 11 is 0. The minimum absolute atomic E-state index is 0.0445. The molecule has 0 aliphatic carbocycles. The molecule has 0 aromatic carbocycles. The number of nitrogens with one attached hydrogen (secondary N) is 1. The number of unbranched alkanes of at least 4 members (excludes halogenated alkanes) is 1. The molecule has 0 spiro atoms. The van der Waals surface area contributed by atoms with E-state index in [4.69, 9.17) is 5.73 Å². The van der Waals surface area contributed by atoms with Crippen molar-refractivity contribution < 1.29 is 8.42 Å². The first-order valence-electron chi connectivity index (χ1n) is 6.17. The summed E-state index contributed by atoms with van der Waals surface area (Å²) in [4.78, 5) is 3.92. The van der Waals surface area contributed by atoms with E-state index in [9.17, 15) is 8.42 Å². The second-order valence-corrected chi connectivity index (χ2v) is 6.03. The predicted octanol–water partition coefficient (Wildman–Crippen LogP) is 1.40. The van der Waals surface area contributed by atoms with Gasteiger partial charge >= 0.3 is 0 Å². The molecule has 3 N–H and O–H groups in total. The Labute approximate surface area is 109 Å². The number of aromatic nitrogens is 1. The number of hydrogen-bond acceptors (Lipinski definition) is 4. The molecule has 0 amide bonds. The molecule has 18 heavy (non-hydrogen) atoms.